The Hall–Kier alpha value is -3.82. The Morgan fingerprint density at radius 2 is 1.58 bits per heavy atom. The second-order valence-corrected chi connectivity index (χ2v) is 7.99. The van der Waals surface area contributed by atoms with Gasteiger partial charge in [-0.05, 0) is 32.3 Å². The number of rotatable bonds is 5. The average Bonchev–Trinajstić information content (AvgIpc) is 3.16. The van der Waals surface area contributed by atoms with Crippen LogP contribution in [0.1, 0.15) is 12.1 Å². The molecule has 1 unspecified atom stereocenters. The number of carboxylic acids is 2. The van der Waals surface area contributed by atoms with Crippen molar-refractivity contribution >= 4 is 17.8 Å². The lowest BCUT2D eigenvalue weighted by Crippen LogP contribution is -2.39. The number of carboxylic acid groups (broad SMARTS) is 2. The molecule has 1 atom stereocenters. The van der Waals surface area contributed by atoms with Crippen LogP contribution in [0.3, 0.4) is 0 Å². The first kappa shape index (κ1) is 32.2. The fourth-order valence-electron chi connectivity index (χ4n) is 2.88. The van der Waals surface area contributed by atoms with Gasteiger partial charge in [0.15, 0.2) is 0 Å². The summed E-state index contributed by atoms with van der Waals surface area (Å²) >= 11 is 0. The number of fused-ring (bicyclic) bond motifs is 1. The van der Waals surface area contributed by atoms with E-state index in [1.807, 2.05) is 54.4 Å². The van der Waals surface area contributed by atoms with E-state index in [4.69, 9.17) is 24.5 Å². The molecule has 16 heteroatoms. The fourth-order valence-corrected chi connectivity index (χ4v) is 2.88. The summed E-state index contributed by atoms with van der Waals surface area (Å²) in [7, 11) is 3.96. The van der Waals surface area contributed by atoms with Gasteiger partial charge in [0.1, 0.15) is 6.10 Å². The third-order valence-electron chi connectivity index (χ3n) is 4.64. The zero-order valence-corrected chi connectivity index (χ0v) is 20.2. The molecule has 0 aliphatic carbocycles. The second-order valence-electron chi connectivity index (χ2n) is 7.99. The summed E-state index contributed by atoms with van der Waals surface area (Å²) < 4.78 is 71.7. The average molecular weight is 556 g/mol. The van der Waals surface area contributed by atoms with Crippen LogP contribution >= 0.6 is 0 Å². The number of halogens is 6. The Labute approximate surface area is 213 Å². The molecular formula is C22H26F6N4O6. The molecule has 0 aromatic carbocycles. The summed E-state index contributed by atoms with van der Waals surface area (Å²) in [6.45, 7) is 2.67. The van der Waals surface area contributed by atoms with Gasteiger partial charge in [0.25, 0.3) is 0 Å². The van der Waals surface area contributed by atoms with E-state index in [0.717, 1.165) is 18.8 Å². The van der Waals surface area contributed by atoms with Crippen LogP contribution in [0.25, 0.3) is 0 Å². The number of aliphatic carboxylic acids is 2. The van der Waals surface area contributed by atoms with E-state index in [-0.39, 0.29) is 12.0 Å². The van der Waals surface area contributed by atoms with Gasteiger partial charge in [0, 0.05) is 37.1 Å². The highest BCUT2D eigenvalue weighted by molar-refractivity contribution is 5.76. The SMILES string of the molecule is CN(C)CCC(=O)N1Cc2cccn2CC(Oc2ccccn2)C1.O=C(O)C(F)(F)F.O=C(O)C(F)(F)F. The number of hydrogen-bond acceptors (Lipinski definition) is 6. The minimum atomic E-state index is -5.08. The summed E-state index contributed by atoms with van der Waals surface area (Å²) in [5.41, 5.74) is 1.14. The van der Waals surface area contributed by atoms with E-state index in [1.165, 1.54) is 0 Å². The summed E-state index contributed by atoms with van der Waals surface area (Å²) in [5.74, 6) is -4.76. The van der Waals surface area contributed by atoms with E-state index >= 15 is 0 Å². The molecule has 38 heavy (non-hydrogen) atoms. The molecule has 1 amide bonds. The summed E-state index contributed by atoms with van der Waals surface area (Å²) in [6, 6.07) is 9.69. The van der Waals surface area contributed by atoms with Gasteiger partial charge in [-0.1, -0.05) is 6.07 Å². The third kappa shape index (κ3) is 11.9. The molecule has 2 aromatic heterocycles. The van der Waals surface area contributed by atoms with E-state index in [2.05, 4.69) is 15.6 Å². The van der Waals surface area contributed by atoms with Crippen molar-refractivity contribution in [2.75, 3.05) is 27.2 Å². The topological polar surface area (TPSA) is 125 Å². The number of carbonyl (C=O) groups excluding carboxylic acids is 1. The van der Waals surface area contributed by atoms with Gasteiger partial charge in [-0.15, -0.1) is 0 Å². The monoisotopic (exact) mass is 556 g/mol. The van der Waals surface area contributed by atoms with Gasteiger partial charge in [-0.25, -0.2) is 14.6 Å². The van der Waals surface area contributed by atoms with Gasteiger partial charge in [0.2, 0.25) is 11.8 Å². The van der Waals surface area contributed by atoms with Crippen molar-refractivity contribution in [2.45, 2.75) is 38.0 Å². The van der Waals surface area contributed by atoms with Crippen LogP contribution in [0.15, 0.2) is 42.7 Å². The molecule has 0 spiro atoms. The van der Waals surface area contributed by atoms with Crippen LogP contribution < -0.4 is 4.74 Å². The Morgan fingerprint density at radius 3 is 2.05 bits per heavy atom. The molecule has 0 saturated carbocycles. The minimum absolute atomic E-state index is 0.114. The van der Waals surface area contributed by atoms with Crippen molar-refractivity contribution in [1.82, 2.24) is 19.4 Å². The molecule has 0 radical (unpaired) electrons. The van der Waals surface area contributed by atoms with Crippen LogP contribution in [0.2, 0.25) is 0 Å². The molecule has 0 saturated heterocycles. The zero-order chi connectivity index (χ0) is 29.1. The first-order valence-electron chi connectivity index (χ1n) is 10.7. The second kappa shape index (κ2) is 14.2. The molecule has 1 aliphatic heterocycles. The number of hydrogen-bond donors (Lipinski definition) is 2. The van der Waals surface area contributed by atoms with Crippen LogP contribution in [-0.4, -0.2) is 93.1 Å². The first-order valence-corrected chi connectivity index (χ1v) is 10.7. The standard InChI is InChI=1S/C18H24N4O2.2C2HF3O2/c1-20(2)11-8-18(23)22-12-15-6-5-10-21(15)13-16(14-22)24-17-7-3-4-9-19-17;2*3-2(4,5)1(6)7/h3-7,9-10,16H,8,11-14H2,1-2H3;2*(H,6,7). The molecular weight excluding hydrogens is 530 g/mol. The van der Waals surface area contributed by atoms with E-state index in [9.17, 15) is 31.1 Å². The highest BCUT2D eigenvalue weighted by Gasteiger charge is 2.38. The molecule has 3 heterocycles. The molecule has 10 nitrogen and oxygen atoms in total. The minimum Gasteiger partial charge on any atom is -0.475 e. The number of amides is 1. The third-order valence-corrected chi connectivity index (χ3v) is 4.64. The number of carbonyl (C=O) groups is 3. The Bertz CT molecular complexity index is 1020. The maximum atomic E-state index is 12.6. The zero-order valence-electron chi connectivity index (χ0n) is 20.2. The van der Waals surface area contributed by atoms with Crippen LogP contribution in [0.4, 0.5) is 26.3 Å². The smallest absolute Gasteiger partial charge is 0.475 e. The van der Waals surface area contributed by atoms with Crippen molar-refractivity contribution in [3.05, 3.63) is 48.4 Å². The van der Waals surface area contributed by atoms with Crippen molar-refractivity contribution < 1.29 is 55.7 Å². The molecule has 0 fully saturated rings. The number of ether oxygens (including phenoxy) is 1. The summed E-state index contributed by atoms with van der Waals surface area (Å²) in [4.78, 5) is 38.6. The molecule has 0 bridgehead atoms. The molecule has 3 rings (SSSR count). The van der Waals surface area contributed by atoms with Crippen LogP contribution in [-0.2, 0) is 27.5 Å². The largest absolute Gasteiger partial charge is 0.490 e. The maximum absolute atomic E-state index is 12.6. The van der Waals surface area contributed by atoms with Gasteiger partial charge < -0.3 is 29.3 Å². The lowest BCUT2D eigenvalue weighted by molar-refractivity contribution is -0.193. The number of aromatic nitrogens is 2. The summed E-state index contributed by atoms with van der Waals surface area (Å²) in [6.07, 6.45) is -6.01. The van der Waals surface area contributed by atoms with E-state index in [1.54, 1.807) is 6.20 Å². The fraction of sp³-hybridized carbons (Fsp3) is 0.455. The first-order chi connectivity index (χ1) is 17.5. The van der Waals surface area contributed by atoms with Crippen LogP contribution in [0.5, 0.6) is 5.88 Å². The molecule has 212 valence electrons. The Balaban J connectivity index is 0.000000426. The number of nitrogens with zero attached hydrogens (tertiary/aromatic N) is 4. The van der Waals surface area contributed by atoms with Crippen LogP contribution in [0, 0.1) is 0 Å². The quantitative estimate of drug-likeness (QED) is 0.539. The van der Waals surface area contributed by atoms with Crippen molar-refractivity contribution in [3.63, 3.8) is 0 Å². The predicted molar refractivity (Wildman–Crippen MR) is 119 cm³/mol. The van der Waals surface area contributed by atoms with Gasteiger partial charge in [0.05, 0.1) is 19.6 Å². The van der Waals surface area contributed by atoms with E-state index < -0.39 is 24.3 Å². The predicted octanol–water partition coefficient (Wildman–Crippen LogP) is 2.89. The Morgan fingerprint density at radius 1 is 1.00 bits per heavy atom. The number of alkyl halides is 6. The molecule has 1 aliphatic rings. The lowest BCUT2D eigenvalue weighted by Gasteiger charge is -2.25. The highest BCUT2D eigenvalue weighted by atomic mass is 19.4. The van der Waals surface area contributed by atoms with Crippen molar-refractivity contribution in [2.24, 2.45) is 0 Å². The van der Waals surface area contributed by atoms with Crippen molar-refractivity contribution in [1.29, 1.82) is 0 Å². The highest BCUT2D eigenvalue weighted by Crippen LogP contribution is 2.18. The van der Waals surface area contributed by atoms with Gasteiger partial charge in [-0.2, -0.15) is 26.3 Å². The van der Waals surface area contributed by atoms with Crippen molar-refractivity contribution in [3.8, 4) is 5.88 Å². The summed E-state index contributed by atoms with van der Waals surface area (Å²) in [5, 5.41) is 14.2. The Kier molecular flexibility index (Phi) is 12.0. The molecule has 2 aromatic rings. The molecule has 2 N–H and O–H groups in total. The number of pyridine rings is 1. The normalized spacial score (nSPS) is 15.2. The van der Waals surface area contributed by atoms with E-state index in [0.29, 0.717) is 25.4 Å². The van der Waals surface area contributed by atoms with Gasteiger partial charge in [-0.3, -0.25) is 4.79 Å². The van der Waals surface area contributed by atoms with Gasteiger partial charge >= 0.3 is 24.3 Å². The lowest BCUT2D eigenvalue weighted by atomic mass is 10.2. The maximum Gasteiger partial charge on any atom is 0.490 e.